The summed E-state index contributed by atoms with van der Waals surface area (Å²) in [6.07, 6.45) is 6.47. The molecule has 0 atom stereocenters. The summed E-state index contributed by atoms with van der Waals surface area (Å²) in [4.78, 5) is 11.0. The molecule has 0 spiro atoms. The van der Waals surface area contributed by atoms with E-state index in [1.54, 1.807) is 0 Å². The minimum Gasteiger partial charge on any atom is -0.296 e. The predicted molar refractivity (Wildman–Crippen MR) is 99.0 cm³/mol. The largest absolute Gasteiger partial charge is 0.296 e. The van der Waals surface area contributed by atoms with E-state index < -0.39 is 0 Å². The van der Waals surface area contributed by atoms with Crippen molar-refractivity contribution in [3.8, 4) is 0 Å². The second-order valence-corrected chi connectivity index (χ2v) is 8.35. The van der Waals surface area contributed by atoms with E-state index in [4.69, 9.17) is 11.6 Å². The number of hydrogen-bond acceptors (Lipinski definition) is 5. The van der Waals surface area contributed by atoms with Gasteiger partial charge in [-0.25, -0.2) is 15.0 Å². The molecular weight excluding hydrogens is 310 g/mol. The Morgan fingerprint density at radius 2 is 1.87 bits per heavy atom. The summed E-state index contributed by atoms with van der Waals surface area (Å²) >= 11 is 5.89. The summed E-state index contributed by atoms with van der Waals surface area (Å²) in [7, 11) is 2.25. The van der Waals surface area contributed by atoms with Gasteiger partial charge in [0.25, 0.3) is 0 Å². The Kier molecular flexibility index (Phi) is 5.75. The molecule has 0 bridgehead atoms. The monoisotopic (exact) mass is 341 g/mol. The summed E-state index contributed by atoms with van der Waals surface area (Å²) in [5.74, 6) is 0. The van der Waals surface area contributed by atoms with E-state index in [1.165, 1.54) is 12.8 Å². The van der Waals surface area contributed by atoms with Crippen molar-refractivity contribution < 1.29 is 0 Å². The number of aliphatic imine (C=N–C) groups is 2. The summed E-state index contributed by atoms with van der Waals surface area (Å²) < 4.78 is 0. The molecule has 0 aromatic heterocycles. The van der Waals surface area contributed by atoms with Gasteiger partial charge in [-0.15, -0.1) is 0 Å². The Balaban J connectivity index is 2.20. The standard InChI is InChI=1S/C17H32ClN5/c1-7-8-9-23(22-12-19-15(18)20-13-22)14-10-16(2,3)21(6)17(4,5)11-14/h12,14H,7-11,13H2,1-6H3. The van der Waals surface area contributed by atoms with Crippen LogP contribution in [0.1, 0.15) is 60.3 Å². The average Bonchev–Trinajstić information content (AvgIpc) is 2.46. The van der Waals surface area contributed by atoms with Crippen LogP contribution in [0.5, 0.6) is 0 Å². The summed E-state index contributed by atoms with van der Waals surface area (Å²) in [5.41, 5.74) is 0.343. The fourth-order valence-corrected chi connectivity index (χ4v) is 3.94. The van der Waals surface area contributed by atoms with Gasteiger partial charge in [-0.1, -0.05) is 13.3 Å². The number of nitrogens with zero attached hydrogens (tertiary/aromatic N) is 5. The number of amidine groups is 1. The Morgan fingerprint density at radius 3 is 2.35 bits per heavy atom. The van der Waals surface area contributed by atoms with Crippen LogP contribution in [0.4, 0.5) is 0 Å². The highest BCUT2D eigenvalue weighted by molar-refractivity contribution is 6.65. The van der Waals surface area contributed by atoms with Crippen molar-refractivity contribution in [3.63, 3.8) is 0 Å². The molecule has 2 rings (SSSR count). The molecular formula is C17H32ClN5. The first-order valence-corrected chi connectivity index (χ1v) is 9.06. The van der Waals surface area contributed by atoms with Crippen molar-refractivity contribution in [1.82, 2.24) is 14.9 Å². The molecule has 0 radical (unpaired) electrons. The first-order valence-electron chi connectivity index (χ1n) is 8.68. The second-order valence-electron chi connectivity index (χ2n) is 8.02. The maximum Gasteiger partial charge on any atom is 0.221 e. The number of likely N-dealkylation sites (tertiary alicyclic amines) is 1. The molecule has 0 aromatic rings. The first-order chi connectivity index (χ1) is 10.7. The first kappa shape index (κ1) is 18.7. The maximum absolute atomic E-state index is 5.89. The van der Waals surface area contributed by atoms with Gasteiger partial charge >= 0.3 is 0 Å². The van der Waals surface area contributed by atoms with Crippen LogP contribution >= 0.6 is 11.6 Å². The Bertz CT molecular complexity index is 454. The third-order valence-electron chi connectivity index (χ3n) is 5.42. The summed E-state index contributed by atoms with van der Waals surface area (Å²) in [6, 6.07) is 0.487. The quantitative estimate of drug-likeness (QED) is 0.717. The molecule has 0 unspecified atom stereocenters. The Hall–Kier alpha value is -0.650. The van der Waals surface area contributed by atoms with Crippen LogP contribution in [0.2, 0.25) is 0 Å². The van der Waals surface area contributed by atoms with Gasteiger partial charge in [0.1, 0.15) is 13.0 Å². The molecule has 5 nitrogen and oxygen atoms in total. The molecule has 0 amide bonds. The van der Waals surface area contributed by atoms with Gasteiger partial charge in [-0.05, 0) is 65.6 Å². The maximum atomic E-state index is 5.89. The van der Waals surface area contributed by atoms with E-state index in [1.807, 2.05) is 6.34 Å². The molecule has 0 aliphatic carbocycles. The number of rotatable bonds is 5. The van der Waals surface area contributed by atoms with Crippen LogP contribution in [0, 0.1) is 0 Å². The lowest BCUT2D eigenvalue weighted by Crippen LogP contribution is -2.64. The SMILES string of the molecule is CCCCN(C1CC(C)(C)N(C)C(C)(C)C1)N1C=NC(Cl)=NC1. The highest BCUT2D eigenvalue weighted by atomic mass is 35.5. The van der Waals surface area contributed by atoms with Gasteiger partial charge in [0.15, 0.2) is 0 Å². The second kappa shape index (κ2) is 7.08. The molecule has 2 aliphatic rings. The zero-order chi connectivity index (χ0) is 17.3. The third-order valence-corrected chi connectivity index (χ3v) is 5.64. The lowest BCUT2D eigenvalue weighted by molar-refractivity contribution is -0.0931. The summed E-state index contributed by atoms with van der Waals surface area (Å²) in [5, 5.41) is 4.96. The highest BCUT2D eigenvalue weighted by Crippen LogP contribution is 2.39. The molecule has 132 valence electrons. The van der Waals surface area contributed by atoms with Crippen LogP contribution < -0.4 is 0 Å². The molecule has 0 aromatic carbocycles. The van der Waals surface area contributed by atoms with Crippen molar-refractivity contribution >= 4 is 23.2 Å². The van der Waals surface area contributed by atoms with Crippen molar-refractivity contribution in [2.24, 2.45) is 9.98 Å². The van der Waals surface area contributed by atoms with E-state index in [-0.39, 0.29) is 11.1 Å². The Labute approximate surface area is 146 Å². The van der Waals surface area contributed by atoms with Crippen LogP contribution in [-0.2, 0) is 0 Å². The van der Waals surface area contributed by atoms with E-state index in [9.17, 15) is 0 Å². The normalized spacial score (nSPS) is 25.0. The average molecular weight is 342 g/mol. The van der Waals surface area contributed by atoms with Gasteiger partial charge < -0.3 is 0 Å². The van der Waals surface area contributed by atoms with Crippen LogP contribution in [-0.4, -0.2) is 63.9 Å². The summed E-state index contributed by atoms with van der Waals surface area (Å²) in [6.45, 7) is 13.2. The van der Waals surface area contributed by atoms with Crippen LogP contribution in [0.25, 0.3) is 0 Å². The van der Waals surface area contributed by atoms with Gasteiger partial charge in [-0.3, -0.25) is 9.91 Å². The molecule has 1 fully saturated rings. The fourth-order valence-electron chi connectivity index (χ4n) is 3.84. The third kappa shape index (κ3) is 4.25. The van der Waals surface area contributed by atoms with E-state index in [0.717, 1.165) is 19.4 Å². The number of unbranched alkanes of at least 4 members (excludes halogenated alkanes) is 1. The zero-order valence-corrected chi connectivity index (χ0v) is 16.3. The van der Waals surface area contributed by atoms with Gasteiger partial charge in [0.2, 0.25) is 5.29 Å². The van der Waals surface area contributed by atoms with Crippen molar-refractivity contribution in [3.05, 3.63) is 0 Å². The van der Waals surface area contributed by atoms with Crippen molar-refractivity contribution in [2.45, 2.75) is 77.4 Å². The van der Waals surface area contributed by atoms with Crippen LogP contribution in [0.15, 0.2) is 9.98 Å². The van der Waals surface area contributed by atoms with Gasteiger partial charge in [0, 0.05) is 23.7 Å². The van der Waals surface area contributed by atoms with E-state index in [2.05, 4.69) is 66.6 Å². The fraction of sp³-hybridized carbons (Fsp3) is 0.882. The molecule has 23 heavy (non-hydrogen) atoms. The minimum atomic E-state index is 0.171. The van der Waals surface area contributed by atoms with E-state index in [0.29, 0.717) is 18.0 Å². The number of halogens is 1. The lowest BCUT2D eigenvalue weighted by Gasteiger charge is -2.56. The molecule has 1 saturated heterocycles. The number of hydrogen-bond donors (Lipinski definition) is 0. The van der Waals surface area contributed by atoms with Crippen molar-refractivity contribution in [2.75, 3.05) is 20.3 Å². The van der Waals surface area contributed by atoms with Gasteiger partial charge in [0.05, 0.1) is 0 Å². The topological polar surface area (TPSA) is 34.4 Å². The zero-order valence-electron chi connectivity index (χ0n) is 15.5. The molecule has 2 aliphatic heterocycles. The predicted octanol–water partition coefficient (Wildman–Crippen LogP) is 3.55. The lowest BCUT2D eigenvalue weighted by atomic mass is 9.77. The molecule has 0 N–H and O–H groups in total. The molecule has 2 heterocycles. The van der Waals surface area contributed by atoms with Crippen LogP contribution in [0.3, 0.4) is 0 Å². The molecule has 0 saturated carbocycles. The minimum absolute atomic E-state index is 0.171. The van der Waals surface area contributed by atoms with Crippen molar-refractivity contribution in [1.29, 1.82) is 0 Å². The molecule has 6 heteroatoms. The number of hydrazine groups is 1. The smallest absolute Gasteiger partial charge is 0.221 e. The van der Waals surface area contributed by atoms with Gasteiger partial charge in [-0.2, -0.15) is 0 Å². The Morgan fingerprint density at radius 1 is 1.26 bits per heavy atom. The number of piperidine rings is 1. The highest BCUT2D eigenvalue weighted by Gasteiger charge is 2.45. The van der Waals surface area contributed by atoms with E-state index >= 15 is 0 Å².